The van der Waals surface area contributed by atoms with E-state index >= 15 is 28.8 Å². The van der Waals surface area contributed by atoms with Crippen molar-refractivity contribution >= 4 is 92.9 Å². The monoisotopic (exact) mass is 1720 g/mol. The molecule has 6 aliphatic rings. The molecule has 666 valence electrons. The molecule has 12 bridgehead atoms. The molecule has 0 unspecified atom stereocenters. The van der Waals surface area contributed by atoms with E-state index in [4.69, 9.17) is 28.4 Å². The summed E-state index contributed by atoms with van der Waals surface area (Å²) in [6.07, 6.45) is 1.08. The maximum atomic E-state index is 15.6. The second-order valence-electron chi connectivity index (χ2n) is 36.3. The van der Waals surface area contributed by atoms with Crippen molar-refractivity contribution in [2.75, 3.05) is 41.4 Å². The van der Waals surface area contributed by atoms with Crippen LogP contribution in [0.5, 0.6) is 11.5 Å². The Morgan fingerprint density at radius 3 is 1.28 bits per heavy atom. The standard InChI is InChI=1S/C91H114N16O18/c1-52(102(15)86(118)124-90(9,10)11)76(108)96-74(88(3,4)5)82(114)104-48-64-44-71(104)80(112)92-68(42-55-27-31-57-23-19-21-25-60(57)39-55)78(110)94-70(84(116)120-17)41-54-29-35-66(36-30-54)122-50-62-46-106(100-98-62)65-45-72(105(49-65)83(115)75(89(6,7)8)97-77(109)53(2)103(16)87(119)125-91(12,13)14)81(113)93-69(43-56-28-32-58-24-20-22-26-61(58)40-56)79(111)95-73(85(117)121-18)59-33-37-67(38-34-59)123-51-63-47-107(64)101-99-63/h19-40,46-47,52-53,64-65,68-75H,41-45,48-51H2,1-18H3,(H,92,112)(H,93,113)(H,94,110)(H,95,111)(H,96,108)(H,97,109)/t52-,53-,64-,65-,68-,69-,70-,71-,72-,73-,74+,75+/m0/s1. The highest BCUT2D eigenvalue weighted by atomic mass is 16.6. The van der Waals surface area contributed by atoms with Crippen LogP contribution in [0.4, 0.5) is 9.59 Å². The third-order valence-corrected chi connectivity index (χ3v) is 22.3. The van der Waals surface area contributed by atoms with Gasteiger partial charge in [0.05, 0.1) is 38.7 Å². The van der Waals surface area contributed by atoms with Crippen molar-refractivity contribution in [3.63, 3.8) is 0 Å². The Kier molecular flexibility index (Phi) is 28.8. The molecule has 34 heteroatoms. The Balaban J connectivity index is 0.947. The minimum atomic E-state index is -1.48. The lowest BCUT2D eigenvalue weighted by molar-refractivity contribution is -0.146. The van der Waals surface area contributed by atoms with Gasteiger partial charge in [0.15, 0.2) is 6.04 Å². The number of aromatic nitrogens is 6. The first-order chi connectivity index (χ1) is 58.9. The maximum Gasteiger partial charge on any atom is 0.410 e. The first-order valence-electron chi connectivity index (χ1n) is 41.6. The zero-order chi connectivity index (χ0) is 90.9. The van der Waals surface area contributed by atoms with Gasteiger partial charge in [-0.2, -0.15) is 0 Å². The molecule has 6 N–H and O–H groups in total. The normalized spacial score (nSPS) is 20.5. The zero-order valence-electron chi connectivity index (χ0n) is 74.0. The van der Waals surface area contributed by atoms with Gasteiger partial charge in [-0.1, -0.05) is 161 Å². The lowest BCUT2D eigenvalue weighted by atomic mass is 9.85. The molecule has 0 spiro atoms. The first kappa shape index (κ1) is 92.7. The van der Waals surface area contributed by atoms with Gasteiger partial charge in [-0.05, 0) is 134 Å². The van der Waals surface area contributed by atoms with E-state index in [1.807, 2.05) is 84.9 Å². The Morgan fingerprint density at radius 2 is 0.888 bits per heavy atom. The Bertz CT molecular complexity index is 5300. The molecular weight excluding hydrogens is 1610 g/mol. The number of likely N-dealkylation sites (N-methyl/N-ethyl adjacent to an activating group) is 2. The van der Waals surface area contributed by atoms with E-state index in [0.717, 1.165) is 38.5 Å². The van der Waals surface area contributed by atoms with E-state index in [9.17, 15) is 28.8 Å². The minimum Gasteiger partial charge on any atom is -0.487 e. The van der Waals surface area contributed by atoms with Crippen LogP contribution in [-0.4, -0.2) is 228 Å². The molecule has 14 rings (SSSR count). The summed E-state index contributed by atoms with van der Waals surface area (Å²) in [6, 6.07) is 24.3. The summed E-state index contributed by atoms with van der Waals surface area (Å²) in [7, 11) is 5.14. The fraction of sp³-hybridized carbons (Fsp3) is 0.473. The van der Waals surface area contributed by atoms with Crippen LogP contribution >= 0.6 is 0 Å². The molecule has 2 saturated heterocycles. The number of nitrogens with one attached hydrogen (secondary N) is 6. The number of hydrogen-bond donors (Lipinski definition) is 6. The number of ether oxygens (including phenoxy) is 6. The summed E-state index contributed by atoms with van der Waals surface area (Å²) in [5.74, 6) is -6.94. The Morgan fingerprint density at radius 1 is 0.496 bits per heavy atom. The molecule has 10 amide bonds. The molecule has 6 aliphatic heterocycles. The summed E-state index contributed by atoms with van der Waals surface area (Å²) in [5, 5.41) is 38.7. The second kappa shape index (κ2) is 38.8. The topological polar surface area (TPSA) is 407 Å². The van der Waals surface area contributed by atoms with Crippen LogP contribution in [0.25, 0.3) is 21.5 Å². The van der Waals surface area contributed by atoms with E-state index in [1.165, 1.54) is 66.3 Å². The smallest absolute Gasteiger partial charge is 0.410 e. The molecule has 0 saturated carbocycles. The number of carbonyl (C=O) groups excluding carboxylic acids is 12. The summed E-state index contributed by atoms with van der Waals surface area (Å²) < 4.78 is 37.2. The number of carbonyl (C=O) groups is 12. The molecular formula is C91H114N16O18. The van der Waals surface area contributed by atoms with Crippen molar-refractivity contribution in [1.82, 2.24) is 81.5 Å². The minimum absolute atomic E-state index is 0.0934. The summed E-state index contributed by atoms with van der Waals surface area (Å²) in [6.45, 7) is 22.8. The highest BCUT2D eigenvalue weighted by Gasteiger charge is 2.50. The predicted octanol–water partition coefficient (Wildman–Crippen LogP) is 7.89. The van der Waals surface area contributed by atoms with E-state index in [0.29, 0.717) is 33.8 Å². The van der Waals surface area contributed by atoms with Crippen LogP contribution in [0, 0.1) is 10.8 Å². The Hall–Kier alpha value is -13.0. The molecule has 2 fully saturated rings. The number of fused-ring (bicyclic) bond motifs is 2. The molecule has 6 aromatic carbocycles. The van der Waals surface area contributed by atoms with Crippen LogP contribution in [0.3, 0.4) is 0 Å². The molecule has 12 atom stereocenters. The maximum absolute atomic E-state index is 15.6. The predicted molar refractivity (Wildman–Crippen MR) is 459 cm³/mol. The number of rotatable bonds is 14. The lowest BCUT2D eigenvalue weighted by Gasteiger charge is -2.37. The molecule has 2 aromatic heterocycles. The van der Waals surface area contributed by atoms with Gasteiger partial charge in [-0.3, -0.25) is 48.2 Å². The fourth-order valence-corrected chi connectivity index (χ4v) is 15.0. The van der Waals surface area contributed by atoms with E-state index < -0.39 is 166 Å². The van der Waals surface area contributed by atoms with Crippen molar-refractivity contribution < 1.29 is 86.0 Å². The largest absolute Gasteiger partial charge is 0.487 e. The summed E-state index contributed by atoms with van der Waals surface area (Å²) in [4.78, 5) is 181. The molecule has 0 aliphatic carbocycles. The van der Waals surface area contributed by atoms with Crippen LogP contribution in [0.15, 0.2) is 146 Å². The first-order valence-corrected chi connectivity index (χ1v) is 41.6. The van der Waals surface area contributed by atoms with Gasteiger partial charge < -0.3 is 70.1 Å². The Labute approximate surface area is 726 Å². The van der Waals surface area contributed by atoms with Gasteiger partial charge in [-0.25, -0.2) is 28.5 Å². The number of benzene rings is 6. The van der Waals surface area contributed by atoms with Crippen molar-refractivity contribution in [1.29, 1.82) is 0 Å². The van der Waals surface area contributed by atoms with Crippen LogP contribution < -0.4 is 41.4 Å². The van der Waals surface area contributed by atoms with Crippen LogP contribution in [-0.2, 0) is 99.4 Å². The molecule has 0 radical (unpaired) electrons. The molecule has 8 aromatic rings. The zero-order valence-corrected chi connectivity index (χ0v) is 74.0. The number of methoxy groups -OCH3 is 2. The number of esters is 2. The van der Waals surface area contributed by atoms with Gasteiger partial charge in [0.25, 0.3) is 0 Å². The van der Waals surface area contributed by atoms with Gasteiger partial charge in [0, 0.05) is 59.3 Å². The number of amides is 10. The molecule has 125 heavy (non-hydrogen) atoms. The third-order valence-electron chi connectivity index (χ3n) is 22.3. The van der Waals surface area contributed by atoms with Gasteiger partial charge in [-0.15, -0.1) is 10.2 Å². The van der Waals surface area contributed by atoms with Gasteiger partial charge >= 0.3 is 24.1 Å². The quantitative estimate of drug-likeness (QED) is 0.0445. The van der Waals surface area contributed by atoms with E-state index in [-0.39, 0.29) is 69.7 Å². The average Bonchev–Trinajstić information content (AvgIpc) is 1.65. The van der Waals surface area contributed by atoms with Crippen LogP contribution in [0.1, 0.15) is 162 Å². The lowest BCUT2D eigenvalue weighted by Crippen LogP contribution is -2.61. The number of nitrogens with zero attached hydrogens (tertiary/aromatic N) is 10. The van der Waals surface area contributed by atoms with Crippen molar-refractivity contribution in [3.8, 4) is 11.5 Å². The van der Waals surface area contributed by atoms with Gasteiger partial charge in [0.1, 0.15) is 102 Å². The van der Waals surface area contributed by atoms with Crippen molar-refractivity contribution in [2.45, 2.75) is 226 Å². The number of likely N-dealkylation sites (tertiary alicyclic amines) is 2. The molecule has 34 nitrogen and oxygen atoms in total. The third kappa shape index (κ3) is 23.5. The molecule has 8 heterocycles. The average molecular weight is 1720 g/mol. The van der Waals surface area contributed by atoms with Crippen molar-refractivity contribution in [2.24, 2.45) is 10.8 Å². The van der Waals surface area contributed by atoms with Crippen LogP contribution in [0.2, 0.25) is 0 Å². The highest BCUT2D eigenvalue weighted by Crippen LogP contribution is 2.35. The number of hydrogen-bond acceptors (Lipinski definition) is 22. The highest BCUT2D eigenvalue weighted by molar-refractivity contribution is 5.99. The van der Waals surface area contributed by atoms with E-state index in [2.05, 4.69) is 52.5 Å². The second-order valence-corrected chi connectivity index (χ2v) is 36.3. The fourth-order valence-electron chi connectivity index (χ4n) is 15.0. The van der Waals surface area contributed by atoms with Gasteiger partial charge in [0.2, 0.25) is 47.3 Å². The van der Waals surface area contributed by atoms with Crippen molar-refractivity contribution in [3.05, 3.63) is 179 Å². The van der Waals surface area contributed by atoms with E-state index in [1.54, 1.807) is 132 Å². The summed E-state index contributed by atoms with van der Waals surface area (Å²) in [5.41, 5.74) is -1.20. The SMILES string of the molecule is COC(=O)[C@@H]1Cc2ccc(cc2)OCc2cn(nn2)[C@H]2C[C@@H](C(=O)N[C@@H](Cc3ccc4ccccc4c3)C(=O)N[C@H](C(=O)OC)c3ccc(cc3)OCc3cn(nn3)[C@H]3C[C@@H](C(=O)N[C@@H](Cc4ccc5ccccc5c4)C(=O)N1)N(C(=O)[C@@H](NC(=O)[C@H](C)N(C)C(=O)OC(C)(C)C)C(C)(C)C)C3)N(C(=O)[C@@H](NC(=O)[C@H](C)N(C)C(=O)OC(C)(C)C)C(C)(C)C)C2. The summed E-state index contributed by atoms with van der Waals surface area (Å²) >= 11 is 0.